The number of furan rings is 1. The lowest BCUT2D eigenvalue weighted by atomic mass is 10.0. The zero-order chi connectivity index (χ0) is 20.1. The normalized spacial score (nSPS) is 10.9. The molecule has 0 unspecified atom stereocenters. The summed E-state index contributed by atoms with van der Waals surface area (Å²) >= 11 is 0. The van der Waals surface area contributed by atoms with Crippen molar-refractivity contribution in [1.29, 1.82) is 0 Å². The van der Waals surface area contributed by atoms with E-state index in [4.69, 9.17) is 14.3 Å². The van der Waals surface area contributed by atoms with Crippen LogP contribution in [0.1, 0.15) is 36.7 Å². The highest BCUT2D eigenvalue weighted by atomic mass is 16.5. The maximum absolute atomic E-state index is 12.3. The number of rotatable bonds is 7. The molecule has 28 heavy (non-hydrogen) atoms. The van der Waals surface area contributed by atoms with Gasteiger partial charge >= 0.3 is 0 Å². The smallest absolute Gasteiger partial charge is 0.262 e. The fourth-order valence-electron chi connectivity index (χ4n) is 2.81. The molecule has 3 rings (SSSR count). The summed E-state index contributed by atoms with van der Waals surface area (Å²) in [6.07, 6.45) is 0. The predicted molar refractivity (Wildman–Crippen MR) is 109 cm³/mol. The summed E-state index contributed by atoms with van der Waals surface area (Å²) in [4.78, 5) is 12.3. The predicted octanol–water partition coefficient (Wildman–Crippen LogP) is 4.89. The molecular formula is C23H25NO4. The summed E-state index contributed by atoms with van der Waals surface area (Å²) in [5, 5.41) is 12.0. The van der Waals surface area contributed by atoms with E-state index in [0.29, 0.717) is 28.9 Å². The third kappa shape index (κ3) is 4.81. The second-order valence-corrected chi connectivity index (χ2v) is 7.01. The Labute approximate surface area is 165 Å². The Bertz CT molecular complexity index is 941. The standard InChI is InChI=1S/C23H25NO4/c1-15(2)17-6-8-19(9-7-17)27-14-23(26)24-21-12-18(5-4-16(21)3)22-11-10-20(13-25)28-22/h4-12,15,25H,13-14H2,1-3H3,(H,24,26). The molecular weight excluding hydrogens is 354 g/mol. The third-order valence-electron chi connectivity index (χ3n) is 4.53. The Morgan fingerprint density at radius 1 is 1.11 bits per heavy atom. The number of aliphatic hydroxyl groups excluding tert-OH is 1. The van der Waals surface area contributed by atoms with Gasteiger partial charge in [-0.05, 0) is 54.3 Å². The number of hydrogen-bond donors (Lipinski definition) is 2. The van der Waals surface area contributed by atoms with Gasteiger partial charge in [0.15, 0.2) is 6.61 Å². The van der Waals surface area contributed by atoms with Gasteiger partial charge in [-0.2, -0.15) is 0 Å². The number of carbonyl (C=O) groups is 1. The van der Waals surface area contributed by atoms with Crippen LogP contribution in [0.3, 0.4) is 0 Å². The number of anilines is 1. The number of hydrogen-bond acceptors (Lipinski definition) is 4. The molecule has 2 N–H and O–H groups in total. The van der Waals surface area contributed by atoms with Crippen molar-refractivity contribution in [3.63, 3.8) is 0 Å². The van der Waals surface area contributed by atoms with Crippen molar-refractivity contribution >= 4 is 11.6 Å². The second kappa shape index (κ2) is 8.76. The van der Waals surface area contributed by atoms with E-state index in [-0.39, 0.29) is 19.1 Å². The van der Waals surface area contributed by atoms with E-state index < -0.39 is 0 Å². The van der Waals surface area contributed by atoms with Gasteiger partial charge in [-0.15, -0.1) is 0 Å². The number of aliphatic hydroxyl groups is 1. The fraction of sp³-hybridized carbons (Fsp3) is 0.261. The van der Waals surface area contributed by atoms with Crippen LogP contribution < -0.4 is 10.1 Å². The summed E-state index contributed by atoms with van der Waals surface area (Å²) in [6, 6.07) is 17.0. The maximum atomic E-state index is 12.3. The number of benzene rings is 2. The fourth-order valence-corrected chi connectivity index (χ4v) is 2.81. The molecule has 0 fully saturated rings. The Morgan fingerprint density at radius 3 is 2.50 bits per heavy atom. The van der Waals surface area contributed by atoms with Gasteiger partial charge in [0.25, 0.3) is 5.91 Å². The summed E-state index contributed by atoms with van der Waals surface area (Å²) in [5.41, 5.74) is 3.69. The van der Waals surface area contributed by atoms with E-state index in [1.807, 2.05) is 49.4 Å². The minimum atomic E-state index is -0.233. The minimum Gasteiger partial charge on any atom is -0.484 e. The van der Waals surface area contributed by atoms with E-state index in [2.05, 4.69) is 19.2 Å². The van der Waals surface area contributed by atoms with E-state index in [1.54, 1.807) is 12.1 Å². The topological polar surface area (TPSA) is 71.7 Å². The molecule has 0 saturated carbocycles. The van der Waals surface area contributed by atoms with Crippen LogP contribution >= 0.6 is 0 Å². The number of amides is 1. The Morgan fingerprint density at radius 2 is 1.86 bits per heavy atom. The molecule has 3 aromatic rings. The number of aryl methyl sites for hydroxylation is 1. The number of ether oxygens (including phenoxy) is 1. The molecule has 1 aromatic heterocycles. The van der Waals surface area contributed by atoms with Gasteiger partial charge in [0.1, 0.15) is 23.9 Å². The zero-order valence-corrected chi connectivity index (χ0v) is 16.4. The van der Waals surface area contributed by atoms with Crippen molar-refractivity contribution in [3.8, 4) is 17.1 Å². The second-order valence-electron chi connectivity index (χ2n) is 7.01. The lowest BCUT2D eigenvalue weighted by Crippen LogP contribution is -2.20. The van der Waals surface area contributed by atoms with E-state index in [1.165, 1.54) is 5.56 Å². The summed E-state index contributed by atoms with van der Waals surface area (Å²) in [6.45, 7) is 5.97. The molecule has 0 spiro atoms. The number of nitrogens with one attached hydrogen (secondary N) is 1. The van der Waals surface area contributed by atoms with Crippen molar-refractivity contribution in [3.05, 3.63) is 71.5 Å². The molecule has 5 heteroatoms. The van der Waals surface area contributed by atoms with Gasteiger partial charge in [0, 0.05) is 11.3 Å². The molecule has 0 saturated heterocycles. The molecule has 1 heterocycles. The molecule has 2 aromatic carbocycles. The maximum Gasteiger partial charge on any atom is 0.262 e. The van der Waals surface area contributed by atoms with E-state index in [9.17, 15) is 4.79 Å². The van der Waals surface area contributed by atoms with Gasteiger partial charge in [-0.3, -0.25) is 4.79 Å². The van der Waals surface area contributed by atoms with Crippen LogP contribution in [0.4, 0.5) is 5.69 Å². The molecule has 0 aliphatic carbocycles. The molecule has 0 atom stereocenters. The lowest BCUT2D eigenvalue weighted by Gasteiger charge is -2.11. The van der Waals surface area contributed by atoms with Crippen LogP contribution in [-0.2, 0) is 11.4 Å². The summed E-state index contributed by atoms with van der Waals surface area (Å²) < 4.78 is 11.2. The van der Waals surface area contributed by atoms with Crippen molar-refractivity contribution in [1.82, 2.24) is 0 Å². The molecule has 0 bridgehead atoms. The molecule has 0 aliphatic rings. The first kappa shape index (κ1) is 19.7. The van der Waals surface area contributed by atoms with Crippen LogP contribution in [0, 0.1) is 6.92 Å². The SMILES string of the molecule is Cc1ccc(-c2ccc(CO)o2)cc1NC(=O)COc1ccc(C(C)C)cc1. The third-order valence-corrected chi connectivity index (χ3v) is 4.53. The molecule has 0 aliphatic heterocycles. The molecule has 0 radical (unpaired) electrons. The van der Waals surface area contributed by atoms with Gasteiger partial charge in [0.2, 0.25) is 0 Å². The van der Waals surface area contributed by atoms with Crippen molar-refractivity contribution in [2.45, 2.75) is 33.3 Å². The zero-order valence-electron chi connectivity index (χ0n) is 16.4. The molecule has 146 valence electrons. The lowest BCUT2D eigenvalue weighted by molar-refractivity contribution is -0.118. The van der Waals surface area contributed by atoms with Gasteiger partial charge in [-0.1, -0.05) is 38.1 Å². The summed E-state index contributed by atoms with van der Waals surface area (Å²) in [5.74, 6) is 2.02. The van der Waals surface area contributed by atoms with E-state index >= 15 is 0 Å². The van der Waals surface area contributed by atoms with Crippen molar-refractivity contribution in [2.24, 2.45) is 0 Å². The highest BCUT2D eigenvalue weighted by Gasteiger charge is 2.10. The van der Waals surface area contributed by atoms with Crippen molar-refractivity contribution in [2.75, 3.05) is 11.9 Å². The van der Waals surface area contributed by atoms with E-state index in [0.717, 1.165) is 11.1 Å². The van der Waals surface area contributed by atoms with Crippen LogP contribution in [0.15, 0.2) is 59.0 Å². The van der Waals surface area contributed by atoms with Gasteiger partial charge in [0.05, 0.1) is 0 Å². The largest absolute Gasteiger partial charge is 0.484 e. The van der Waals surface area contributed by atoms with Gasteiger partial charge in [-0.25, -0.2) is 0 Å². The first-order chi connectivity index (χ1) is 13.5. The summed E-state index contributed by atoms with van der Waals surface area (Å²) in [7, 11) is 0. The Kier molecular flexibility index (Phi) is 6.16. The average molecular weight is 379 g/mol. The molecule has 5 nitrogen and oxygen atoms in total. The van der Waals surface area contributed by atoms with Crippen LogP contribution in [0.5, 0.6) is 5.75 Å². The monoisotopic (exact) mass is 379 g/mol. The first-order valence-corrected chi connectivity index (χ1v) is 9.29. The number of carbonyl (C=O) groups excluding carboxylic acids is 1. The van der Waals surface area contributed by atoms with Crippen LogP contribution in [0.25, 0.3) is 11.3 Å². The Balaban J connectivity index is 1.63. The molecule has 1 amide bonds. The minimum absolute atomic E-state index is 0.0693. The quantitative estimate of drug-likeness (QED) is 0.613. The average Bonchev–Trinajstić information content (AvgIpc) is 3.17. The first-order valence-electron chi connectivity index (χ1n) is 9.29. The van der Waals surface area contributed by atoms with Crippen LogP contribution in [0.2, 0.25) is 0 Å². The highest BCUT2D eigenvalue weighted by Crippen LogP contribution is 2.27. The highest BCUT2D eigenvalue weighted by molar-refractivity contribution is 5.93. The van der Waals surface area contributed by atoms with Crippen LogP contribution in [-0.4, -0.2) is 17.6 Å². The van der Waals surface area contributed by atoms with Gasteiger partial charge < -0.3 is 19.6 Å². The van der Waals surface area contributed by atoms with Crippen molar-refractivity contribution < 1.29 is 19.1 Å². The Hall–Kier alpha value is -3.05.